The second-order valence-electron chi connectivity index (χ2n) is 7.01. The molecule has 1 aliphatic rings. The van der Waals surface area contributed by atoms with Crippen molar-refractivity contribution in [1.82, 2.24) is 20.2 Å². The van der Waals surface area contributed by atoms with E-state index < -0.39 is 0 Å². The van der Waals surface area contributed by atoms with Crippen LogP contribution in [0.3, 0.4) is 0 Å². The van der Waals surface area contributed by atoms with Crippen molar-refractivity contribution in [3.63, 3.8) is 0 Å². The van der Waals surface area contributed by atoms with Crippen LogP contribution in [0.1, 0.15) is 41.3 Å². The Morgan fingerprint density at radius 3 is 2.52 bits per heavy atom. The van der Waals surface area contributed by atoms with Crippen molar-refractivity contribution in [2.24, 2.45) is 0 Å². The second kappa shape index (κ2) is 9.86. The Morgan fingerprint density at radius 2 is 1.86 bits per heavy atom. The number of likely N-dealkylation sites (tertiary alicyclic amines) is 1. The van der Waals surface area contributed by atoms with E-state index in [0.717, 1.165) is 24.0 Å². The lowest BCUT2D eigenvalue weighted by Crippen LogP contribution is -2.42. The Kier molecular flexibility index (Phi) is 6.99. The van der Waals surface area contributed by atoms with Gasteiger partial charge in [-0.1, -0.05) is 24.3 Å². The molecule has 0 radical (unpaired) electrons. The number of aryl methyl sites for hydroxylation is 1. The highest BCUT2D eigenvalue weighted by Gasteiger charge is 2.23. The molecular weight excluding hydrogens is 370 g/mol. The summed E-state index contributed by atoms with van der Waals surface area (Å²) in [4.78, 5) is 34.3. The minimum absolute atomic E-state index is 0.182. The molecule has 1 fully saturated rings. The van der Waals surface area contributed by atoms with Crippen LogP contribution in [-0.2, 0) is 11.3 Å². The molecule has 1 saturated heterocycles. The summed E-state index contributed by atoms with van der Waals surface area (Å²) in [5, 5.41) is 6.17. The molecule has 0 aliphatic carbocycles. The summed E-state index contributed by atoms with van der Waals surface area (Å²) in [7, 11) is 0. The van der Waals surface area contributed by atoms with E-state index in [9.17, 15) is 9.59 Å². The van der Waals surface area contributed by atoms with Gasteiger partial charge in [0, 0.05) is 38.1 Å². The lowest BCUT2D eigenvalue weighted by molar-refractivity contribution is 0.0949. The van der Waals surface area contributed by atoms with Crippen LogP contribution in [0.5, 0.6) is 0 Å². The molecule has 0 saturated carbocycles. The molecule has 29 heavy (non-hydrogen) atoms. The third-order valence-electron chi connectivity index (χ3n) is 4.97. The molecule has 2 aromatic rings. The average Bonchev–Trinajstić information content (AvgIpc) is 2.74. The molecule has 1 aromatic carbocycles. The number of carbonyl (C=O) groups is 2. The van der Waals surface area contributed by atoms with Crippen LogP contribution in [0.25, 0.3) is 0 Å². The molecule has 2 N–H and O–H groups in total. The van der Waals surface area contributed by atoms with E-state index in [1.165, 1.54) is 12.4 Å². The number of rotatable bonds is 6. The molecule has 2 heterocycles. The van der Waals surface area contributed by atoms with Crippen molar-refractivity contribution in [2.75, 3.05) is 25.0 Å². The van der Waals surface area contributed by atoms with Crippen LogP contribution >= 0.6 is 0 Å². The Balaban J connectivity index is 1.47. The minimum Gasteiger partial charge on any atom is -0.450 e. The first-order valence-corrected chi connectivity index (χ1v) is 9.89. The normalized spacial score (nSPS) is 14.3. The van der Waals surface area contributed by atoms with Crippen LogP contribution in [0.15, 0.2) is 36.7 Å². The Bertz CT molecular complexity index is 832. The van der Waals surface area contributed by atoms with Crippen molar-refractivity contribution >= 4 is 17.9 Å². The maximum atomic E-state index is 12.3. The summed E-state index contributed by atoms with van der Waals surface area (Å²) in [6.07, 6.45) is 4.37. The molecule has 2 amide bonds. The molecule has 3 rings (SSSR count). The van der Waals surface area contributed by atoms with Gasteiger partial charge in [-0.3, -0.25) is 4.79 Å². The number of aromatic nitrogens is 2. The third kappa shape index (κ3) is 5.66. The summed E-state index contributed by atoms with van der Waals surface area (Å²) in [5.41, 5.74) is 2.63. The molecule has 1 aromatic heterocycles. The summed E-state index contributed by atoms with van der Waals surface area (Å²) >= 11 is 0. The van der Waals surface area contributed by atoms with Gasteiger partial charge in [0.2, 0.25) is 5.95 Å². The molecule has 8 heteroatoms. The van der Waals surface area contributed by atoms with E-state index >= 15 is 0 Å². The fourth-order valence-corrected chi connectivity index (χ4v) is 3.21. The molecule has 0 unspecified atom stereocenters. The van der Waals surface area contributed by atoms with Gasteiger partial charge in [0.1, 0.15) is 0 Å². The number of benzene rings is 1. The lowest BCUT2D eigenvalue weighted by Gasteiger charge is -2.31. The molecule has 154 valence electrons. The van der Waals surface area contributed by atoms with Crippen molar-refractivity contribution in [2.45, 2.75) is 39.3 Å². The second-order valence-corrected chi connectivity index (χ2v) is 7.01. The highest BCUT2D eigenvalue weighted by atomic mass is 16.6. The van der Waals surface area contributed by atoms with Crippen LogP contribution in [0, 0.1) is 6.92 Å². The summed E-state index contributed by atoms with van der Waals surface area (Å²) in [6.45, 7) is 5.94. The zero-order valence-corrected chi connectivity index (χ0v) is 16.9. The van der Waals surface area contributed by atoms with Gasteiger partial charge in [0.15, 0.2) is 0 Å². The van der Waals surface area contributed by atoms with E-state index in [0.29, 0.717) is 37.8 Å². The van der Waals surface area contributed by atoms with Gasteiger partial charge in [0.25, 0.3) is 5.91 Å². The topological polar surface area (TPSA) is 96.5 Å². The maximum Gasteiger partial charge on any atom is 0.409 e. The average molecular weight is 397 g/mol. The molecule has 0 atom stereocenters. The van der Waals surface area contributed by atoms with Crippen molar-refractivity contribution < 1.29 is 14.3 Å². The zero-order chi connectivity index (χ0) is 20.6. The van der Waals surface area contributed by atoms with Gasteiger partial charge >= 0.3 is 6.09 Å². The van der Waals surface area contributed by atoms with Gasteiger partial charge in [0.05, 0.1) is 12.2 Å². The van der Waals surface area contributed by atoms with Crippen molar-refractivity contribution in [3.05, 3.63) is 53.3 Å². The van der Waals surface area contributed by atoms with E-state index in [4.69, 9.17) is 4.74 Å². The summed E-state index contributed by atoms with van der Waals surface area (Å²) < 4.78 is 5.03. The third-order valence-corrected chi connectivity index (χ3v) is 4.97. The standard InChI is InChI=1S/C21H27N5O3/c1-3-29-21(28)26-10-8-18(9-11-26)25-20-23-13-17(14-24-20)19(27)22-12-16-7-5-4-6-15(16)2/h4-7,13-14,18H,3,8-12H2,1-2H3,(H,22,27)(H,23,24,25). The smallest absolute Gasteiger partial charge is 0.409 e. The Morgan fingerprint density at radius 1 is 1.17 bits per heavy atom. The van der Waals surface area contributed by atoms with Crippen LogP contribution in [-0.4, -0.2) is 52.6 Å². The number of amides is 2. The van der Waals surface area contributed by atoms with Gasteiger partial charge in [-0.25, -0.2) is 14.8 Å². The predicted molar refractivity (Wildman–Crippen MR) is 110 cm³/mol. The Hall–Kier alpha value is -3.16. The van der Waals surface area contributed by atoms with Crippen molar-refractivity contribution in [3.8, 4) is 0 Å². The van der Waals surface area contributed by atoms with Crippen LogP contribution in [0.2, 0.25) is 0 Å². The van der Waals surface area contributed by atoms with Gasteiger partial charge in [-0.15, -0.1) is 0 Å². The van der Waals surface area contributed by atoms with Gasteiger partial charge in [-0.05, 0) is 37.8 Å². The summed E-state index contributed by atoms with van der Waals surface area (Å²) in [6, 6.07) is 8.12. The van der Waals surface area contributed by atoms with E-state index in [1.54, 1.807) is 11.8 Å². The quantitative estimate of drug-likeness (QED) is 0.778. The first-order valence-electron chi connectivity index (χ1n) is 9.89. The SMILES string of the molecule is CCOC(=O)N1CCC(Nc2ncc(C(=O)NCc3ccccc3C)cn2)CC1. The van der Waals surface area contributed by atoms with Crippen LogP contribution in [0.4, 0.5) is 10.7 Å². The highest BCUT2D eigenvalue weighted by Crippen LogP contribution is 2.15. The first-order chi connectivity index (χ1) is 14.1. The monoisotopic (exact) mass is 397 g/mol. The fraction of sp³-hybridized carbons (Fsp3) is 0.429. The predicted octanol–water partition coefficient (Wildman–Crippen LogP) is 2.75. The number of anilines is 1. The first kappa shape index (κ1) is 20.6. The molecule has 0 spiro atoms. The molecule has 8 nitrogen and oxygen atoms in total. The van der Waals surface area contributed by atoms with Crippen molar-refractivity contribution in [1.29, 1.82) is 0 Å². The fourth-order valence-electron chi connectivity index (χ4n) is 3.21. The van der Waals surface area contributed by atoms with Gasteiger partial charge in [-0.2, -0.15) is 0 Å². The number of piperidine rings is 1. The minimum atomic E-state index is -0.261. The largest absolute Gasteiger partial charge is 0.450 e. The lowest BCUT2D eigenvalue weighted by atomic mass is 10.1. The number of nitrogens with one attached hydrogen (secondary N) is 2. The number of nitrogens with zero attached hydrogens (tertiary/aromatic N) is 3. The zero-order valence-electron chi connectivity index (χ0n) is 16.9. The van der Waals surface area contributed by atoms with E-state index in [1.807, 2.05) is 31.2 Å². The number of hydrogen-bond acceptors (Lipinski definition) is 6. The highest BCUT2D eigenvalue weighted by molar-refractivity contribution is 5.93. The number of ether oxygens (including phenoxy) is 1. The van der Waals surface area contributed by atoms with Gasteiger partial charge < -0.3 is 20.3 Å². The maximum absolute atomic E-state index is 12.3. The number of hydrogen-bond donors (Lipinski definition) is 2. The van der Waals surface area contributed by atoms with E-state index in [2.05, 4.69) is 20.6 Å². The molecule has 1 aliphatic heterocycles. The van der Waals surface area contributed by atoms with Crippen LogP contribution < -0.4 is 10.6 Å². The summed E-state index contributed by atoms with van der Waals surface area (Å²) in [5.74, 6) is 0.276. The number of carbonyl (C=O) groups excluding carboxylic acids is 2. The van der Waals surface area contributed by atoms with E-state index in [-0.39, 0.29) is 18.0 Å². The molecule has 0 bridgehead atoms. The molecular formula is C21H27N5O3. The Labute approximate surface area is 170 Å².